The maximum atomic E-state index is 13.3. The molecule has 0 spiro atoms. The van der Waals surface area contributed by atoms with E-state index in [2.05, 4.69) is 51.2 Å². The quantitative estimate of drug-likeness (QED) is 0.257. The first kappa shape index (κ1) is 28.2. The van der Waals surface area contributed by atoms with E-state index in [0.717, 1.165) is 55.7 Å². The van der Waals surface area contributed by atoms with Crippen molar-refractivity contribution in [2.75, 3.05) is 48.4 Å². The summed E-state index contributed by atoms with van der Waals surface area (Å²) < 4.78 is 5.40. The number of benzene rings is 3. The Kier molecular flexibility index (Phi) is 10.4. The van der Waals surface area contributed by atoms with Crippen LogP contribution in [0.1, 0.15) is 47.7 Å². The number of rotatable bonds is 11. The first-order valence-corrected chi connectivity index (χ1v) is 14.0. The van der Waals surface area contributed by atoms with Crippen molar-refractivity contribution >= 4 is 29.0 Å². The number of carbonyl (C=O) groups is 2. The van der Waals surface area contributed by atoms with Crippen LogP contribution in [0.2, 0.25) is 0 Å². The molecule has 206 valence electrons. The summed E-state index contributed by atoms with van der Waals surface area (Å²) >= 11 is 0. The van der Waals surface area contributed by atoms with Gasteiger partial charge in [0.15, 0.2) is 0 Å². The van der Waals surface area contributed by atoms with Gasteiger partial charge in [-0.2, -0.15) is 0 Å². The molecule has 3 N–H and O–H groups in total. The van der Waals surface area contributed by atoms with Crippen molar-refractivity contribution in [2.45, 2.75) is 39.5 Å². The highest BCUT2D eigenvalue weighted by molar-refractivity contribution is 6.04. The average molecular weight is 529 g/mol. The Morgan fingerprint density at radius 2 is 1.69 bits per heavy atom. The number of hydrogen-bond donors (Lipinski definition) is 3. The lowest BCUT2D eigenvalue weighted by Crippen LogP contribution is -2.36. The topological polar surface area (TPSA) is 82.7 Å². The molecule has 7 nitrogen and oxygen atoms in total. The van der Waals surface area contributed by atoms with E-state index in [1.165, 1.54) is 5.56 Å². The van der Waals surface area contributed by atoms with Gasteiger partial charge in [-0.25, -0.2) is 4.79 Å². The molecule has 1 heterocycles. The van der Waals surface area contributed by atoms with E-state index < -0.39 is 0 Å². The average Bonchev–Trinajstić information content (AvgIpc) is 2.95. The Hall–Kier alpha value is -3.84. The molecule has 3 aromatic carbocycles. The third kappa shape index (κ3) is 8.32. The van der Waals surface area contributed by atoms with Crippen LogP contribution in [-0.2, 0) is 11.2 Å². The van der Waals surface area contributed by atoms with Crippen LogP contribution in [0.3, 0.4) is 0 Å². The lowest BCUT2D eigenvalue weighted by Gasteiger charge is -2.35. The van der Waals surface area contributed by atoms with Crippen molar-refractivity contribution in [3.8, 4) is 0 Å². The second kappa shape index (κ2) is 14.4. The second-order valence-electron chi connectivity index (χ2n) is 10.1. The Bertz CT molecular complexity index is 1220. The van der Waals surface area contributed by atoms with Gasteiger partial charge >= 0.3 is 6.03 Å². The predicted octanol–water partition coefficient (Wildman–Crippen LogP) is 6.25. The van der Waals surface area contributed by atoms with Crippen LogP contribution in [0.15, 0.2) is 72.8 Å². The molecular formula is C32H40N4O3. The molecule has 1 aliphatic heterocycles. The fourth-order valence-electron chi connectivity index (χ4n) is 5.01. The Morgan fingerprint density at radius 1 is 0.949 bits per heavy atom. The van der Waals surface area contributed by atoms with Gasteiger partial charge in [-0.15, -0.1) is 0 Å². The van der Waals surface area contributed by atoms with E-state index in [4.69, 9.17) is 4.74 Å². The summed E-state index contributed by atoms with van der Waals surface area (Å²) in [7, 11) is 0. The number of anilines is 3. The smallest absolute Gasteiger partial charge is 0.323 e. The molecular weight excluding hydrogens is 488 g/mol. The summed E-state index contributed by atoms with van der Waals surface area (Å²) in [5.74, 6) is 0.487. The van der Waals surface area contributed by atoms with Gasteiger partial charge < -0.3 is 25.6 Å². The van der Waals surface area contributed by atoms with Gasteiger partial charge in [-0.3, -0.25) is 4.79 Å². The van der Waals surface area contributed by atoms with Gasteiger partial charge in [0.05, 0.1) is 5.56 Å². The first-order chi connectivity index (χ1) is 19.0. The van der Waals surface area contributed by atoms with Gasteiger partial charge in [0, 0.05) is 49.9 Å². The molecule has 39 heavy (non-hydrogen) atoms. The fraction of sp³-hybridized carbons (Fsp3) is 0.375. The molecule has 3 amide bonds. The van der Waals surface area contributed by atoms with Crippen molar-refractivity contribution in [1.82, 2.24) is 5.32 Å². The highest BCUT2D eigenvalue weighted by Crippen LogP contribution is 2.30. The van der Waals surface area contributed by atoms with Gasteiger partial charge in [-0.05, 0) is 80.8 Å². The zero-order valence-corrected chi connectivity index (χ0v) is 23.0. The van der Waals surface area contributed by atoms with Crippen LogP contribution in [0.5, 0.6) is 0 Å². The number of piperidine rings is 1. The first-order valence-electron chi connectivity index (χ1n) is 14.0. The number of nitrogens with one attached hydrogen (secondary N) is 3. The normalized spacial score (nSPS) is 13.6. The van der Waals surface area contributed by atoms with Crippen molar-refractivity contribution in [2.24, 2.45) is 5.92 Å². The highest BCUT2D eigenvalue weighted by atomic mass is 16.5. The maximum Gasteiger partial charge on any atom is 0.323 e. The largest absolute Gasteiger partial charge is 0.382 e. The molecule has 0 aromatic heterocycles. The molecule has 0 unspecified atom stereocenters. The molecule has 0 atom stereocenters. The summed E-state index contributed by atoms with van der Waals surface area (Å²) in [6, 6.07) is 23.5. The lowest BCUT2D eigenvalue weighted by atomic mass is 9.89. The summed E-state index contributed by atoms with van der Waals surface area (Å²) in [6.07, 6.45) is 3.98. The number of carbonyl (C=O) groups excluding carboxylic acids is 2. The van der Waals surface area contributed by atoms with E-state index in [1.807, 2.05) is 50.2 Å². The monoisotopic (exact) mass is 528 g/mol. The third-order valence-electron chi connectivity index (χ3n) is 7.17. The van der Waals surface area contributed by atoms with E-state index in [9.17, 15) is 9.59 Å². The van der Waals surface area contributed by atoms with E-state index in [0.29, 0.717) is 36.9 Å². The third-order valence-corrected chi connectivity index (χ3v) is 7.17. The van der Waals surface area contributed by atoms with Crippen molar-refractivity contribution < 1.29 is 14.3 Å². The van der Waals surface area contributed by atoms with E-state index in [-0.39, 0.29) is 11.9 Å². The van der Waals surface area contributed by atoms with Crippen molar-refractivity contribution in [3.63, 3.8) is 0 Å². The van der Waals surface area contributed by atoms with Crippen molar-refractivity contribution in [3.05, 3.63) is 89.5 Å². The molecule has 0 aliphatic carbocycles. The minimum Gasteiger partial charge on any atom is -0.382 e. The maximum absolute atomic E-state index is 13.3. The summed E-state index contributed by atoms with van der Waals surface area (Å²) in [6.45, 7) is 7.49. The van der Waals surface area contributed by atoms with Crippen LogP contribution in [0, 0.1) is 12.8 Å². The van der Waals surface area contributed by atoms with Crippen LogP contribution in [0.4, 0.5) is 21.9 Å². The van der Waals surface area contributed by atoms with Gasteiger partial charge in [0.2, 0.25) is 0 Å². The molecule has 1 aliphatic rings. The van der Waals surface area contributed by atoms with E-state index >= 15 is 0 Å². The number of urea groups is 1. The second-order valence-corrected chi connectivity index (χ2v) is 10.1. The van der Waals surface area contributed by atoms with Crippen LogP contribution in [0.25, 0.3) is 0 Å². The molecule has 0 saturated carbocycles. The van der Waals surface area contributed by atoms with Gasteiger partial charge in [0.25, 0.3) is 5.91 Å². The molecule has 1 saturated heterocycles. The Labute approximate surface area is 231 Å². The Morgan fingerprint density at radius 3 is 2.44 bits per heavy atom. The molecule has 0 bridgehead atoms. The minimum atomic E-state index is -0.346. The predicted molar refractivity (Wildman–Crippen MR) is 159 cm³/mol. The number of ether oxygens (including phenoxy) is 1. The standard InChI is InChI=1S/C32H40N4O3/c1-3-39-21-9-18-33-31(37)28-23-27(34-32(38)35-29-13-8-7-10-24(29)2)14-15-30(28)36-19-16-26(17-20-36)22-25-11-5-4-6-12-25/h4-8,10-15,23,26H,3,9,16-22H2,1-2H3,(H,33,37)(H2,34,35,38). The van der Waals surface area contributed by atoms with Crippen LogP contribution in [-0.4, -0.2) is 44.8 Å². The molecule has 7 heteroatoms. The van der Waals surface area contributed by atoms with Crippen LogP contribution < -0.4 is 20.9 Å². The lowest BCUT2D eigenvalue weighted by molar-refractivity contribution is 0.0944. The molecule has 4 rings (SSSR count). The number of aryl methyl sites for hydroxylation is 1. The number of hydrogen-bond acceptors (Lipinski definition) is 4. The molecule has 3 aromatic rings. The van der Waals surface area contributed by atoms with Gasteiger partial charge in [0.1, 0.15) is 0 Å². The zero-order chi connectivity index (χ0) is 27.5. The summed E-state index contributed by atoms with van der Waals surface area (Å²) in [4.78, 5) is 28.3. The van der Waals surface area contributed by atoms with E-state index in [1.54, 1.807) is 6.07 Å². The molecule has 0 radical (unpaired) electrons. The fourth-order valence-corrected chi connectivity index (χ4v) is 5.01. The van der Waals surface area contributed by atoms with Crippen LogP contribution >= 0.6 is 0 Å². The number of nitrogens with zero attached hydrogens (tertiary/aromatic N) is 1. The molecule has 1 fully saturated rings. The Balaban J connectivity index is 1.44. The summed E-state index contributed by atoms with van der Waals surface area (Å²) in [5, 5.41) is 8.81. The number of amides is 3. The van der Waals surface area contributed by atoms with Gasteiger partial charge in [-0.1, -0.05) is 48.5 Å². The zero-order valence-electron chi connectivity index (χ0n) is 23.0. The number of para-hydroxylation sites is 1. The summed E-state index contributed by atoms with van der Waals surface area (Å²) in [5.41, 5.74) is 5.15. The highest BCUT2D eigenvalue weighted by Gasteiger charge is 2.24. The minimum absolute atomic E-state index is 0.143. The van der Waals surface area contributed by atoms with Crippen molar-refractivity contribution in [1.29, 1.82) is 0 Å². The SMILES string of the molecule is CCOCCCNC(=O)c1cc(NC(=O)Nc2ccccc2C)ccc1N1CCC(Cc2ccccc2)CC1.